The Morgan fingerprint density at radius 3 is 2.55 bits per heavy atom. The normalized spacial score (nSPS) is 30.5. The first-order valence-electron chi connectivity index (χ1n) is 10.3. The highest BCUT2D eigenvalue weighted by Gasteiger charge is 2.69. The number of fused-ring (bicyclic) bond motifs is 1. The molecular weight excluding hydrogens is 503 g/mol. The summed E-state index contributed by atoms with van der Waals surface area (Å²) >= 11 is 11.1. The summed E-state index contributed by atoms with van der Waals surface area (Å²) in [6.07, 6.45) is 0.658. The summed E-state index contributed by atoms with van der Waals surface area (Å²) in [6, 6.07) is 5.67. The van der Waals surface area contributed by atoms with Gasteiger partial charge in [0.15, 0.2) is 5.72 Å². The molecule has 1 aromatic carbocycles. The molecule has 1 aromatic heterocycles. The Bertz CT molecular complexity index is 1040. The van der Waals surface area contributed by atoms with Gasteiger partial charge in [-0.25, -0.2) is 9.29 Å². The molecule has 2 fully saturated rings. The maximum Gasteiger partial charge on any atom is 0.326 e. The van der Waals surface area contributed by atoms with Gasteiger partial charge in [0.1, 0.15) is 11.9 Å². The highest BCUT2D eigenvalue weighted by Crippen LogP contribution is 2.58. The minimum Gasteiger partial charge on any atom is -0.443 e. The lowest BCUT2D eigenvalue weighted by molar-refractivity contribution is -0.152. The van der Waals surface area contributed by atoms with Crippen LogP contribution in [0.2, 0.25) is 5.02 Å². The van der Waals surface area contributed by atoms with Crippen molar-refractivity contribution in [3.05, 3.63) is 55.4 Å². The molecule has 31 heavy (non-hydrogen) atoms. The molecular formula is C23H27BrClFN2O2S. The van der Waals surface area contributed by atoms with E-state index in [0.29, 0.717) is 17.0 Å². The fourth-order valence-corrected chi connectivity index (χ4v) is 7.11. The summed E-state index contributed by atoms with van der Waals surface area (Å²) in [4.78, 5) is 16.2. The number of benzene rings is 1. The van der Waals surface area contributed by atoms with Crippen molar-refractivity contribution in [2.24, 2.45) is 11.1 Å². The topological polar surface area (TPSA) is 55.6 Å². The summed E-state index contributed by atoms with van der Waals surface area (Å²) in [5, 5.41) is 2.27. The average Bonchev–Trinajstić information content (AvgIpc) is 3.20. The van der Waals surface area contributed by atoms with Crippen molar-refractivity contribution in [2.75, 3.05) is 0 Å². The Morgan fingerprint density at radius 2 is 2.00 bits per heavy atom. The third kappa shape index (κ3) is 3.76. The number of hydrogen-bond donors (Lipinski definition) is 1. The van der Waals surface area contributed by atoms with E-state index in [1.165, 1.54) is 17.4 Å². The van der Waals surface area contributed by atoms with E-state index in [1.54, 1.807) is 12.1 Å². The van der Waals surface area contributed by atoms with Crippen LogP contribution >= 0.6 is 38.9 Å². The van der Waals surface area contributed by atoms with Gasteiger partial charge in [0.05, 0.1) is 5.54 Å². The van der Waals surface area contributed by atoms with E-state index in [1.807, 2.05) is 25.3 Å². The number of thiophene rings is 1. The Hall–Kier alpha value is -0.990. The largest absolute Gasteiger partial charge is 0.443 e. The van der Waals surface area contributed by atoms with Crippen LogP contribution in [0.15, 0.2) is 34.1 Å². The highest BCUT2D eigenvalue weighted by molar-refractivity contribution is 9.10. The fraction of sp³-hybridized carbons (Fsp3) is 0.522. The zero-order chi connectivity index (χ0) is 22.9. The number of carbonyl (C=O) groups excluding carboxylic acids is 1. The number of nitrogens with two attached hydrogens (primary N) is 1. The lowest BCUT2D eigenvalue weighted by Gasteiger charge is -2.44. The molecule has 0 saturated carbocycles. The van der Waals surface area contributed by atoms with Crippen LogP contribution in [0.25, 0.3) is 0 Å². The number of nitrogens with zero attached hydrogens (tertiary/aromatic N) is 1. The van der Waals surface area contributed by atoms with Gasteiger partial charge in [-0.05, 0) is 59.8 Å². The molecule has 0 aliphatic carbocycles. The maximum absolute atomic E-state index is 15.4. The van der Waals surface area contributed by atoms with Crippen molar-refractivity contribution in [1.29, 1.82) is 0 Å². The van der Waals surface area contributed by atoms with Crippen LogP contribution in [0.5, 0.6) is 0 Å². The van der Waals surface area contributed by atoms with Crippen molar-refractivity contribution < 1.29 is 13.9 Å². The summed E-state index contributed by atoms with van der Waals surface area (Å²) in [6.45, 7) is 10.1. The molecule has 2 saturated heterocycles. The number of carbonyl (C=O) groups is 1. The highest BCUT2D eigenvalue weighted by atomic mass is 79.9. The van der Waals surface area contributed by atoms with E-state index >= 15 is 4.39 Å². The zero-order valence-electron chi connectivity index (χ0n) is 18.2. The van der Waals surface area contributed by atoms with Gasteiger partial charge in [0, 0.05) is 37.3 Å². The van der Waals surface area contributed by atoms with Gasteiger partial charge >= 0.3 is 5.97 Å². The average molecular weight is 530 g/mol. The van der Waals surface area contributed by atoms with Crippen molar-refractivity contribution in [2.45, 2.75) is 70.3 Å². The molecule has 4 nitrogen and oxygen atoms in total. The molecule has 2 N–H and O–H groups in total. The molecule has 0 amide bonds. The first-order chi connectivity index (χ1) is 14.3. The van der Waals surface area contributed by atoms with E-state index in [4.69, 9.17) is 22.1 Å². The van der Waals surface area contributed by atoms with Crippen LogP contribution < -0.4 is 5.73 Å². The molecule has 2 aromatic rings. The van der Waals surface area contributed by atoms with Crippen LogP contribution in [0, 0.1) is 11.2 Å². The van der Waals surface area contributed by atoms with Crippen LogP contribution in [0.4, 0.5) is 4.39 Å². The Morgan fingerprint density at radius 1 is 1.32 bits per heavy atom. The predicted octanol–water partition coefficient (Wildman–Crippen LogP) is 6.02. The van der Waals surface area contributed by atoms with Gasteiger partial charge < -0.3 is 10.5 Å². The van der Waals surface area contributed by atoms with Gasteiger partial charge in [0.25, 0.3) is 0 Å². The molecule has 2 aliphatic rings. The number of halogens is 3. The number of rotatable bonds is 3. The van der Waals surface area contributed by atoms with Crippen molar-refractivity contribution >= 4 is 44.8 Å². The summed E-state index contributed by atoms with van der Waals surface area (Å²) in [5.74, 6) is -1.25. The summed E-state index contributed by atoms with van der Waals surface area (Å²) in [7, 11) is 0. The third-order valence-corrected chi connectivity index (χ3v) is 8.34. The van der Waals surface area contributed by atoms with E-state index in [9.17, 15) is 4.79 Å². The molecule has 0 spiro atoms. The lowest BCUT2D eigenvalue weighted by Crippen LogP contribution is -2.56. The SMILES string of the molecule is CC(C)(C)C[C@@H]1N2[C@@H](C(=O)OC2(C)C)[C@H](c2cc(Br)cs2)[C@@]1(N)c1ccc(Cl)cc1F. The zero-order valence-corrected chi connectivity index (χ0v) is 21.4. The van der Waals surface area contributed by atoms with Crippen molar-refractivity contribution in [3.63, 3.8) is 0 Å². The fourth-order valence-electron chi connectivity index (χ4n) is 5.29. The Kier molecular flexibility index (Phi) is 5.62. The lowest BCUT2D eigenvalue weighted by atomic mass is 9.70. The standard InChI is InChI=1S/C23H27BrClFN2O2S/c1-21(2,3)10-17-23(27,14-7-6-13(25)9-15(14)26)18(16-8-12(24)11-31-16)19-20(29)30-22(4,5)28(17)19/h6-9,11,17-19H,10,27H2,1-5H3/t17-,18-,19+,23+/m0/s1. The second kappa shape index (κ2) is 7.52. The summed E-state index contributed by atoms with van der Waals surface area (Å²) in [5.41, 5.74) is 5.55. The molecule has 4 rings (SSSR count). The monoisotopic (exact) mass is 528 g/mol. The Labute approximate surface area is 200 Å². The molecule has 2 aliphatic heterocycles. The predicted molar refractivity (Wildman–Crippen MR) is 126 cm³/mol. The van der Waals surface area contributed by atoms with E-state index in [2.05, 4.69) is 41.6 Å². The number of cyclic esters (lactones) is 1. The van der Waals surface area contributed by atoms with Crippen LogP contribution in [0.1, 0.15) is 57.4 Å². The third-order valence-electron chi connectivity index (χ3n) is 6.33. The van der Waals surface area contributed by atoms with Crippen LogP contribution in [-0.2, 0) is 15.1 Å². The Balaban J connectivity index is 2.01. The first-order valence-corrected chi connectivity index (χ1v) is 12.3. The quantitative estimate of drug-likeness (QED) is 0.494. The van der Waals surface area contributed by atoms with Gasteiger partial charge in [-0.2, -0.15) is 0 Å². The number of ether oxygens (including phenoxy) is 1. The molecule has 168 valence electrons. The number of hydrogen-bond acceptors (Lipinski definition) is 5. The first kappa shape index (κ1) is 23.2. The minimum atomic E-state index is -1.16. The van der Waals surface area contributed by atoms with Gasteiger partial charge in [-0.1, -0.05) is 38.4 Å². The van der Waals surface area contributed by atoms with E-state index in [0.717, 1.165) is 9.35 Å². The molecule has 8 heteroatoms. The maximum atomic E-state index is 15.4. The van der Waals surface area contributed by atoms with Gasteiger partial charge in [-0.15, -0.1) is 11.3 Å². The van der Waals surface area contributed by atoms with E-state index < -0.39 is 29.0 Å². The van der Waals surface area contributed by atoms with Crippen molar-refractivity contribution in [3.8, 4) is 0 Å². The molecule has 0 unspecified atom stereocenters. The molecule has 3 heterocycles. The summed E-state index contributed by atoms with van der Waals surface area (Å²) < 4.78 is 22.1. The second-order valence-electron chi connectivity index (χ2n) is 10.2. The second-order valence-corrected chi connectivity index (χ2v) is 12.5. The van der Waals surface area contributed by atoms with Crippen molar-refractivity contribution in [1.82, 2.24) is 4.90 Å². The van der Waals surface area contributed by atoms with E-state index in [-0.39, 0.29) is 17.4 Å². The van der Waals surface area contributed by atoms with Crippen LogP contribution in [0.3, 0.4) is 0 Å². The smallest absolute Gasteiger partial charge is 0.326 e. The van der Waals surface area contributed by atoms with Gasteiger partial charge in [-0.3, -0.25) is 4.79 Å². The molecule has 4 atom stereocenters. The number of esters is 1. The van der Waals surface area contributed by atoms with Gasteiger partial charge in [0.2, 0.25) is 0 Å². The molecule has 0 radical (unpaired) electrons. The minimum absolute atomic E-state index is 0.116. The van der Waals surface area contributed by atoms with Crippen LogP contribution in [-0.4, -0.2) is 28.7 Å². The molecule has 0 bridgehead atoms.